The summed E-state index contributed by atoms with van der Waals surface area (Å²) in [7, 11) is 0. The quantitative estimate of drug-likeness (QED) is 0.879. The fourth-order valence-corrected chi connectivity index (χ4v) is 3.37. The van der Waals surface area contributed by atoms with Crippen molar-refractivity contribution < 1.29 is 14.7 Å². The van der Waals surface area contributed by atoms with Crippen LogP contribution in [0, 0.1) is 0 Å². The smallest absolute Gasteiger partial charge is 0.309 e. The van der Waals surface area contributed by atoms with Gasteiger partial charge in [0.2, 0.25) is 5.91 Å². The van der Waals surface area contributed by atoms with Gasteiger partial charge in [0, 0.05) is 50.9 Å². The van der Waals surface area contributed by atoms with E-state index in [0.717, 1.165) is 37.7 Å². The van der Waals surface area contributed by atoms with Gasteiger partial charge < -0.3 is 10.0 Å². The number of hydrogen-bond acceptors (Lipinski definition) is 5. The van der Waals surface area contributed by atoms with Crippen LogP contribution in [0.4, 0.5) is 0 Å². The molecule has 0 aliphatic carbocycles. The second-order valence-corrected chi connectivity index (χ2v) is 6.34. The number of carbonyl (C=O) groups is 2. The number of hydrogen-bond donors (Lipinski definition) is 1. The molecule has 0 bridgehead atoms. The zero-order valence-corrected chi connectivity index (χ0v) is 13.2. The molecule has 1 fully saturated rings. The van der Waals surface area contributed by atoms with Crippen molar-refractivity contribution in [1.82, 2.24) is 14.8 Å². The number of nitrogens with zero attached hydrogens (tertiary/aromatic N) is 3. The van der Waals surface area contributed by atoms with Crippen LogP contribution in [0.5, 0.6) is 0 Å². The molecule has 1 N–H and O–H groups in total. The van der Waals surface area contributed by atoms with E-state index < -0.39 is 5.97 Å². The number of carboxylic acid groups (broad SMARTS) is 1. The van der Waals surface area contributed by atoms with E-state index in [4.69, 9.17) is 5.11 Å². The molecule has 0 aromatic carbocycles. The lowest BCUT2D eigenvalue weighted by Gasteiger charge is -2.35. The summed E-state index contributed by atoms with van der Waals surface area (Å²) < 4.78 is 0. The van der Waals surface area contributed by atoms with Crippen LogP contribution in [0.15, 0.2) is 5.38 Å². The zero-order valence-electron chi connectivity index (χ0n) is 12.4. The average Bonchev–Trinajstić information content (AvgIpc) is 2.87. The van der Waals surface area contributed by atoms with E-state index in [2.05, 4.69) is 16.8 Å². The van der Waals surface area contributed by atoms with Crippen LogP contribution in [0.25, 0.3) is 0 Å². The normalized spacial score (nSPS) is 17.7. The van der Waals surface area contributed by atoms with Gasteiger partial charge in [0.15, 0.2) is 0 Å². The summed E-state index contributed by atoms with van der Waals surface area (Å²) in [6, 6.07) is 0. The Morgan fingerprint density at radius 3 is 2.62 bits per heavy atom. The van der Waals surface area contributed by atoms with Gasteiger partial charge in [0.1, 0.15) is 0 Å². The number of aromatic nitrogens is 1. The Labute approximate surface area is 128 Å². The monoisotopic (exact) mass is 311 g/mol. The third kappa shape index (κ3) is 4.50. The van der Waals surface area contributed by atoms with Crippen LogP contribution in [-0.2, 0) is 16.0 Å². The molecular formula is C14H21N3O3S. The molecule has 0 spiro atoms. The van der Waals surface area contributed by atoms with Crippen LogP contribution in [0.1, 0.15) is 30.5 Å². The lowest BCUT2D eigenvalue weighted by molar-refractivity contribution is -0.136. The van der Waals surface area contributed by atoms with Crippen molar-refractivity contribution in [3.05, 3.63) is 16.1 Å². The molecule has 6 nitrogen and oxygen atoms in total. The van der Waals surface area contributed by atoms with Gasteiger partial charge in [0.05, 0.1) is 17.1 Å². The minimum atomic E-state index is -0.847. The number of carbonyl (C=O) groups excluding carboxylic acids is 1. The maximum absolute atomic E-state index is 11.3. The van der Waals surface area contributed by atoms with Crippen LogP contribution >= 0.6 is 11.3 Å². The van der Waals surface area contributed by atoms with E-state index in [1.54, 1.807) is 6.92 Å². The molecule has 2 heterocycles. The first-order valence-corrected chi connectivity index (χ1v) is 7.97. The van der Waals surface area contributed by atoms with E-state index >= 15 is 0 Å². The largest absolute Gasteiger partial charge is 0.481 e. The minimum Gasteiger partial charge on any atom is -0.481 e. The standard InChI is InChI=1S/C14H21N3O3S/c1-10(14-15-12(9-21-14)7-13(19)20)8-16-3-5-17(6-4-16)11(2)18/h9-10H,3-8H2,1-2H3,(H,19,20). The zero-order chi connectivity index (χ0) is 15.4. The van der Waals surface area contributed by atoms with Gasteiger partial charge in [-0.1, -0.05) is 6.92 Å². The molecule has 2 rings (SSSR count). The number of rotatable bonds is 5. The van der Waals surface area contributed by atoms with Gasteiger partial charge in [-0.15, -0.1) is 11.3 Å². The molecule has 1 aromatic heterocycles. The van der Waals surface area contributed by atoms with Gasteiger partial charge in [-0.25, -0.2) is 4.98 Å². The van der Waals surface area contributed by atoms with E-state index in [9.17, 15) is 9.59 Å². The van der Waals surface area contributed by atoms with E-state index in [1.807, 2.05) is 10.3 Å². The second-order valence-electron chi connectivity index (χ2n) is 5.46. The number of carboxylic acids is 1. The van der Waals surface area contributed by atoms with E-state index in [0.29, 0.717) is 5.69 Å². The summed E-state index contributed by atoms with van der Waals surface area (Å²) in [5, 5.41) is 11.6. The van der Waals surface area contributed by atoms with E-state index in [1.165, 1.54) is 11.3 Å². The van der Waals surface area contributed by atoms with Crippen molar-refractivity contribution in [3.8, 4) is 0 Å². The molecule has 116 valence electrons. The average molecular weight is 311 g/mol. The molecule has 1 aliphatic rings. The summed E-state index contributed by atoms with van der Waals surface area (Å²) in [6.45, 7) is 7.95. The van der Waals surface area contributed by atoms with Crippen molar-refractivity contribution in [2.45, 2.75) is 26.2 Å². The number of thiazole rings is 1. The Morgan fingerprint density at radius 2 is 2.05 bits per heavy atom. The second kappa shape index (κ2) is 7.00. The summed E-state index contributed by atoms with van der Waals surface area (Å²) >= 11 is 1.53. The highest BCUT2D eigenvalue weighted by atomic mass is 32.1. The Balaban J connectivity index is 1.84. The number of amides is 1. The third-order valence-corrected chi connectivity index (χ3v) is 4.80. The predicted molar refractivity (Wildman–Crippen MR) is 80.6 cm³/mol. The molecule has 1 unspecified atom stereocenters. The minimum absolute atomic E-state index is 0.0134. The lowest BCUT2D eigenvalue weighted by atomic mass is 10.1. The van der Waals surface area contributed by atoms with Crippen molar-refractivity contribution in [3.63, 3.8) is 0 Å². The molecule has 1 aromatic rings. The summed E-state index contributed by atoms with van der Waals surface area (Å²) in [5.74, 6) is -0.429. The van der Waals surface area contributed by atoms with Crippen LogP contribution < -0.4 is 0 Å². The third-order valence-electron chi connectivity index (χ3n) is 3.67. The Morgan fingerprint density at radius 1 is 1.38 bits per heavy atom. The highest BCUT2D eigenvalue weighted by Crippen LogP contribution is 2.22. The van der Waals surface area contributed by atoms with Crippen LogP contribution in [0.3, 0.4) is 0 Å². The number of piperazine rings is 1. The number of aliphatic carboxylic acids is 1. The summed E-state index contributed by atoms with van der Waals surface area (Å²) in [5.41, 5.74) is 0.635. The topological polar surface area (TPSA) is 73.7 Å². The molecule has 1 atom stereocenters. The molecule has 1 saturated heterocycles. The summed E-state index contributed by atoms with van der Waals surface area (Å²) in [6.07, 6.45) is -0.0134. The Kier molecular flexibility index (Phi) is 5.30. The van der Waals surface area contributed by atoms with Crippen molar-refractivity contribution in [2.24, 2.45) is 0 Å². The first kappa shape index (κ1) is 15.9. The fraction of sp³-hybridized carbons (Fsp3) is 0.643. The van der Waals surface area contributed by atoms with Gasteiger partial charge in [-0.3, -0.25) is 14.5 Å². The lowest BCUT2D eigenvalue weighted by Crippen LogP contribution is -2.48. The van der Waals surface area contributed by atoms with Gasteiger partial charge in [0.25, 0.3) is 0 Å². The SMILES string of the molecule is CC(=O)N1CCN(CC(C)c2nc(CC(=O)O)cs2)CC1. The maximum Gasteiger partial charge on any atom is 0.309 e. The first-order valence-electron chi connectivity index (χ1n) is 7.09. The molecule has 0 saturated carbocycles. The van der Waals surface area contributed by atoms with Gasteiger partial charge in [-0.2, -0.15) is 0 Å². The van der Waals surface area contributed by atoms with Crippen molar-refractivity contribution >= 4 is 23.2 Å². The molecule has 7 heteroatoms. The molecular weight excluding hydrogens is 290 g/mol. The highest BCUT2D eigenvalue weighted by molar-refractivity contribution is 7.09. The van der Waals surface area contributed by atoms with Crippen LogP contribution in [-0.4, -0.2) is 64.5 Å². The Hall–Kier alpha value is -1.47. The van der Waals surface area contributed by atoms with Crippen molar-refractivity contribution in [1.29, 1.82) is 0 Å². The molecule has 1 amide bonds. The first-order chi connectivity index (χ1) is 9.95. The highest BCUT2D eigenvalue weighted by Gasteiger charge is 2.21. The van der Waals surface area contributed by atoms with Crippen molar-refractivity contribution in [2.75, 3.05) is 32.7 Å². The fourth-order valence-electron chi connectivity index (χ4n) is 2.50. The maximum atomic E-state index is 11.3. The predicted octanol–water partition coefficient (Wildman–Crippen LogP) is 1.04. The Bertz CT molecular complexity index is 509. The van der Waals surface area contributed by atoms with E-state index in [-0.39, 0.29) is 18.2 Å². The molecule has 21 heavy (non-hydrogen) atoms. The van der Waals surface area contributed by atoms with Gasteiger partial charge >= 0.3 is 5.97 Å². The summed E-state index contributed by atoms with van der Waals surface area (Å²) in [4.78, 5) is 30.6. The molecule has 0 radical (unpaired) electrons. The van der Waals surface area contributed by atoms with Crippen LogP contribution in [0.2, 0.25) is 0 Å². The molecule has 1 aliphatic heterocycles. The van der Waals surface area contributed by atoms with Gasteiger partial charge in [-0.05, 0) is 0 Å².